The van der Waals surface area contributed by atoms with Crippen LogP contribution < -0.4 is 10.1 Å². The number of rotatable bonds is 6. The van der Waals surface area contributed by atoms with Gasteiger partial charge in [-0.1, -0.05) is 17.7 Å². The Morgan fingerprint density at radius 1 is 1.27 bits per heavy atom. The fourth-order valence-corrected chi connectivity index (χ4v) is 1.49. The van der Waals surface area contributed by atoms with Gasteiger partial charge in [-0.25, -0.2) is 0 Å². The molecule has 0 aliphatic heterocycles. The number of hydrogen-bond donors (Lipinski definition) is 1. The molecular formula is C13H19NO. The largest absolute Gasteiger partial charge is 0.494 e. The van der Waals surface area contributed by atoms with E-state index in [1.54, 1.807) is 0 Å². The first kappa shape index (κ1) is 10.5. The van der Waals surface area contributed by atoms with E-state index in [-0.39, 0.29) is 0 Å². The van der Waals surface area contributed by atoms with Gasteiger partial charge in [-0.15, -0.1) is 0 Å². The Morgan fingerprint density at radius 2 is 2.00 bits per heavy atom. The van der Waals surface area contributed by atoms with Gasteiger partial charge in [0.25, 0.3) is 0 Å². The second-order valence-electron chi connectivity index (χ2n) is 4.24. The molecule has 2 nitrogen and oxygen atoms in total. The third-order valence-corrected chi connectivity index (χ3v) is 2.62. The number of benzene rings is 1. The quantitative estimate of drug-likeness (QED) is 0.720. The number of ether oxygens (including phenoxy) is 1. The summed E-state index contributed by atoms with van der Waals surface area (Å²) < 4.78 is 5.62. The molecule has 1 aliphatic carbocycles. The molecule has 1 fully saturated rings. The highest BCUT2D eigenvalue weighted by molar-refractivity contribution is 5.26. The molecule has 0 radical (unpaired) electrons. The van der Waals surface area contributed by atoms with Crippen LogP contribution in [0.2, 0.25) is 0 Å². The molecule has 0 saturated heterocycles. The van der Waals surface area contributed by atoms with Crippen LogP contribution >= 0.6 is 0 Å². The van der Waals surface area contributed by atoms with Crippen LogP contribution in [-0.4, -0.2) is 19.2 Å². The van der Waals surface area contributed by atoms with Crippen molar-refractivity contribution in [1.82, 2.24) is 5.32 Å². The van der Waals surface area contributed by atoms with Gasteiger partial charge in [0.1, 0.15) is 5.75 Å². The van der Waals surface area contributed by atoms with Crippen molar-refractivity contribution in [2.24, 2.45) is 0 Å². The third kappa shape index (κ3) is 3.92. The maximum Gasteiger partial charge on any atom is 0.119 e. The maximum absolute atomic E-state index is 5.62. The Labute approximate surface area is 91.6 Å². The molecule has 2 rings (SSSR count). The second kappa shape index (κ2) is 5.17. The molecule has 1 saturated carbocycles. The minimum atomic E-state index is 0.808. The normalized spacial score (nSPS) is 15.3. The molecule has 1 aliphatic rings. The third-order valence-electron chi connectivity index (χ3n) is 2.62. The van der Waals surface area contributed by atoms with Crippen LogP contribution in [0, 0.1) is 6.92 Å². The van der Waals surface area contributed by atoms with Crippen molar-refractivity contribution in [1.29, 1.82) is 0 Å². The summed E-state index contributed by atoms with van der Waals surface area (Å²) in [6.07, 6.45) is 3.81. The van der Waals surface area contributed by atoms with Crippen LogP contribution in [0.15, 0.2) is 24.3 Å². The van der Waals surface area contributed by atoms with Crippen molar-refractivity contribution < 1.29 is 4.74 Å². The monoisotopic (exact) mass is 205 g/mol. The van der Waals surface area contributed by atoms with Crippen LogP contribution in [0.3, 0.4) is 0 Å². The average Bonchev–Trinajstić information content (AvgIpc) is 3.04. The Hall–Kier alpha value is -1.02. The van der Waals surface area contributed by atoms with E-state index in [0.717, 1.165) is 31.4 Å². The van der Waals surface area contributed by atoms with Crippen molar-refractivity contribution in [2.45, 2.75) is 32.2 Å². The molecule has 2 heteroatoms. The summed E-state index contributed by atoms with van der Waals surface area (Å²) in [5.41, 5.74) is 1.28. The highest BCUT2D eigenvalue weighted by Crippen LogP contribution is 2.18. The van der Waals surface area contributed by atoms with Gasteiger partial charge in [-0.3, -0.25) is 0 Å². The van der Waals surface area contributed by atoms with Gasteiger partial charge in [0, 0.05) is 6.04 Å². The summed E-state index contributed by atoms with van der Waals surface area (Å²) >= 11 is 0. The van der Waals surface area contributed by atoms with Crippen LogP contribution in [0.4, 0.5) is 0 Å². The van der Waals surface area contributed by atoms with E-state index in [9.17, 15) is 0 Å². The summed E-state index contributed by atoms with van der Waals surface area (Å²) in [5, 5.41) is 3.47. The fourth-order valence-electron chi connectivity index (χ4n) is 1.49. The van der Waals surface area contributed by atoms with Crippen LogP contribution in [-0.2, 0) is 0 Å². The average molecular weight is 205 g/mol. The molecular weight excluding hydrogens is 186 g/mol. The van der Waals surface area contributed by atoms with Crippen molar-refractivity contribution in [2.75, 3.05) is 13.2 Å². The Bertz CT molecular complexity index is 290. The zero-order valence-electron chi connectivity index (χ0n) is 9.33. The number of hydrogen-bond acceptors (Lipinski definition) is 2. The van der Waals surface area contributed by atoms with Gasteiger partial charge in [0.2, 0.25) is 0 Å². The highest BCUT2D eigenvalue weighted by Gasteiger charge is 2.19. The van der Waals surface area contributed by atoms with Gasteiger partial charge in [0.05, 0.1) is 6.61 Å². The maximum atomic E-state index is 5.62. The van der Waals surface area contributed by atoms with Crippen molar-refractivity contribution in [3.05, 3.63) is 29.8 Å². The van der Waals surface area contributed by atoms with E-state index in [0.29, 0.717) is 0 Å². The molecule has 1 aromatic rings. The van der Waals surface area contributed by atoms with Gasteiger partial charge < -0.3 is 10.1 Å². The highest BCUT2D eigenvalue weighted by atomic mass is 16.5. The Balaban J connectivity index is 1.58. The SMILES string of the molecule is Cc1ccc(OCCCNC2CC2)cc1. The molecule has 1 N–H and O–H groups in total. The van der Waals surface area contributed by atoms with Crippen molar-refractivity contribution in [3.8, 4) is 5.75 Å². The Kier molecular flexibility index (Phi) is 3.62. The first-order chi connectivity index (χ1) is 7.34. The zero-order valence-corrected chi connectivity index (χ0v) is 9.33. The fraction of sp³-hybridized carbons (Fsp3) is 0.538. The van der Waals surface area contributed by atoms with E-state index in [1.165, 1.54) is 18.4 Å². The summed E-state index contributed by atoms with van der Waals surface area (Å²) in [6, 6.07) is 9.03. The molecule has 0 spiro atoms. The number of nitrogens with one attached hydrogen (secondary N) is 1. The van der Waals surface area contributed by atoms with Gasteiger partial charge >= 0.3 is 0 Å². The Morgan fingerprint density at radius 3 is 2.67 bits per heavy atom. The van der Waals surface area contributed by atoms with Gasteiger partial charge in [0.15, 0.2) is 0 Å². The molecule has 0 amide bonds. The lowest BCUT2D eigenvalue weighted by Gasteiger charge is -2.06. The molecule has 0 heterocycles. The van der Waals surface area contributed by atoms with E-state index >= 15 is 0 Å². The zero-order chi connectivity index (χ0) is 10.5. The molecule has 0 bridgehead atoms. The molecule has 82 valence electrons. The molecule has 0 atom stereocenters. The lowest BCUT2D eigenvalue weighted by Crippen LogP contribution is -2.19. The van der Waals surface area contributed by atoms with E-state index in [2.05, 4.69) is 24.4 Å². The minimum Gasteiger partial charge on any atom is -0.494 e. The van der Waals surface area contributed by atoms with E-state index in [4.69, 9.17) is 4.74 Å². The van der Waals surface area contributed by atoms with Gasteiger partial charge in [-0.2, -0.15) is 0 Å². The summed E-state index contributed by atoms with van der Waals surface area (Å²) in [7, 11) is 0. The van der Waals surface area contributed by atoms with E-state index < -0.39 is 0 Å². The summed E-state index contributed by atoms with van der Waals surface area (Å²) in [6.45, 7) is 3.97. The first-order valence-corrected chi connectivity index (χ1v) is 5.77. The summed E-state index contributed by atoms with van der Waals surface area (Å²) in [4.78, 5) is 0. The smallest absolute Gasteiger partial charge is 0.119 e. The van der Waals surface area contributed by atoms with Crippen molar-refractivity contribution >= 4 is 0 Å². The standard InChI is InChI=1S/C13H19NO/c1-11-3-7-13(8-4-11)15-10-2-9-14-12-5-6-12/h3-4,7-8,12,14H,2,5-6,9-10H2,1H3. The predicted molar refractivity (Wildman–Crippen MR) is 62.3 cm³/mol. The predicted octanol–water partition coefficient (Wildman–Crippen LogP) is 2.52. The number of aryl methyl sites for hydroxylation is 1. The molecule has 0 aromatic heterocycles. The van der Waals surface area contributed by atoms with Gasteiger partial charge in [-0.05, 0) is 44.9 Å². The lowest BCUT2D eigenvalue weighted by atomic mass is 10.2. The summed E-state index contributed by atoms with van der Waals surface area (Å²) in [5.74, 6) is 0.979. The second-order valence-corrected chi connectivity index (χ2v) is 4.24. The lowest BCUT2D eigenvalue weighted by molar-refractivity contribution is 0.308. The minimum absolute atomic E-state index is 0.808. The first-order valence-electron chi connectivity index (χ1n) is 5.77. The topological polar surface area (TPSA) is 21.3 Å². The molecule has 0 unspecified atom stereocenters. The van der Waals surface area contributed by atoms with Crippen LogP contribution in [0.25, 0.3) is 0 Å². The molecule has 1 aromatic carbocycles. The van der Waals surface area contributed by atoms with E-state index in [1.807, 2.05) is 12.1 Å². The molecule has 15 heavy (non-hydrogen) atoms. The van der Waals surface area contributed by atoms with Crippen LogP contribution in [0.5, 0.6) is 5.75 Å². The van der Waals surface area contributed by atoms with Crippen LogP contribution in [0.1, 0.15) is 24.8 Å². The van der Waals surface area contributed by atoms with Crippen molar-refractivity contribution in [3.63, 3.8) is 0 Å².